The monoisotopic (exact) mass is 488 g/mol. The van der Waals surface area contributed by atoms with Crippen LogP contribution in [0.15, 0.2) is 34.8 Å². The molecule has 0 radical (unpaired) electrons. The van der Waals surface area contributed by atoms with E-state index in [9.17, 15) is 0 Å². The smallest absolute Gasteiger partial charge is 0.175 e. The molecule has 4 nitrogen and oxygen atoms in total. The minimum Gasteiger partial charge on any atom is -0.490 e. The largest absolute Gasteiger partial charge is 0.490 e. The van der Waals surface area contributed by atoms with Gasteiger partial charge in [0.15, 0.2) is 11.5 Å². The standard InChI is InChI=1S/C21H27BrCl2N2O2/c1-4-27-20-11-15(13-25-8-5-9-26(2)3)10-18(22)21(20)28-14-16-6-7-17(23)12-19(16)24/h6-7,10-12,25H,4-5,8-9,13-14H2,1-3H3. The predicted molar refractivity (Wildman–Crippen MR) is 121 cm³/mol. The summed E-state index contributed by atoms with van der Waals surface area (Å²) in [5, 5.41) is 4.66. The van der Waals surface area contributed by atoms with Crippen LogP contribution in [0, 0.1) is 0 Å². The van der Waals surface area contributed by atoms with Gasteiger partial charge in [0.1, 0.15) is 6.61 Å². The minimum absolute atomic E-state index is 0.330. The van der Waals surface area contributed by atoms with E-state index in [1.807, 2.05) is 19.1 Å². The van der Waals surface area contributed by atoms with E-state index in [-0.39, 0.29) is 0 Å². The van der Waals surface area contributed by atoms with Gasteiger partial charge < -0.3 is 19.7 Å². The Morgan fingerprint density at radius 3 is 2.57 bits per heavy atom. The van der Waals surface area contributed by atoms with Crippen molar-refractivity contribution in [3.8, 4) is 11.5 Å². The molecule has 0 aliphatic carbocycles. The molecule has 2 aromatic rings. The fourth-order valence-electron chi connectivity index (χ4n) is 2.67. The maximum atomic E-state index is 6.25. The van der Waals surface area contributed by atoms with Crippen molar-refractivity contribution < 1.29 is 9.47 Å². The SMILES string of the molecule is CCOc1cc(CNCCCN(C)C)cc(Br)c1OCc1ccc(Cl)cc1Cl. The Kier molecular flexibility index (Phi) is 9.89. The quantitative estimate of drug-likeness (QED) is 0.406. The lowest BCUT2D eigenvalue weighted by Crippen LogP contribution is -2.21. The zero-order valence-electron chi connectivity index (χ0n) is 16.5. The highest BCUT2D eigenvalue weighted by molar-refractivity contribution is 9.10. The third kappa shape index (κ3) is 7.45. The highest BCUT2D eigenvalue weighted by Gasteiger charge is 2.13. The molecular weight excluding hydrogens is 463 g/mol. The zero-order valence-corrected chi connectivity index (χ0v) is 19.6. The van der Waals surface area contributed by atoms with Crippen LogP contribution in [0.5, 0.6) is 11.5 Å². The van der Waals surface area contributed by atoms with Gasteiger partial charge in [-0.25, -0.2) is 0 Å². The summed E-state index contributed by atoms with van der Waals surface area (Å²) in [6.07, 6.45) is 1.11. The van der Waals surface area contributed by atoms with Gasteiger partial charge in [-0.15, -0.1) is 0 Å². The zero-order chi connectivity index (χ0) is 20.5. The molecule has 0 heterocycles. The van der Waals surface area contributed by atoms with Crippen LogP contribution >= 0.6 is 39.1 Å². The van der Waals surface area contributed by atoms with Gasteiger partial charge in [0.25, 0.3) is 0 Å². The van der Waals surface area contributed by atoms with Crippen molar-refractivity contribution in [2.45, 2.75) is 26.5 Å². The Morgan fingerprint density at radius 1 is 1.11 bits per heavy atom. The van der Waals surface area contributed by atoms with Crippen LogP contribution in [0.25, 0.3) is 0 Å². The Balaban J connectivity index is 2.04. The second-order valence-corrected chi connectivity index (χ2v) is 8.39. The number of nitrogens with one attached hydrogen (secondary N) is 1. The van der Waals surface area contributed by atoms with Crippen LogP contribution in [0.2, 0.25) is 10.0 Å². The number of ether oxygens (including phenoxy) is 2. The van der Waals surface area contributed by atoms with Gasteiger partial charge in [0.2, 0.25) is 0 Å². The maximum Gasteiger partial charge on any atom is 0.175 e. The average molecular weight is 490 g/mol. The van der Waals surface area contributed by atoms with Crippen molar-refractivity contribution in [2.75, 3.05) is 33.8 Å². The van der Waals surface area contributed by atoms with E-state index in [4.69, 9.17) is 32.7 Å². The topological polar surface area (TPSA) is 33.7 Å². The van der Waals surface area contributed by atoms with Crippen LogP contribution in [-0.2, 0) is 13.2 Å². The van der Waals surface area contributed by atoms with Crippen LogP contribution in [0.4, 0.5) is 0 Å². The Hall–Kier alpha value is -0.980. The van der Waals surface area contributed by atoms with Gasteiger partial charge in [-0.1, -0.05) is 29.3 Å². The van der Waals surface area contributed by atoms with Crippen LogP contribution < -0.4 is 14.8 Å². The molecule has 0 spiro atoms. The summed E-state index contributed by atoms with van der Waals surface area (Å²) in [4.78, 5) is 2.19. The first kappa shape index (κ1) is 23.3. The molecule has 0 bridgehead atoms. The molecule has 0 aromatic heterocycles. The third-order valence-electron chi connectivity index (χ3n) is 4.04. The van der Waals surface area contributed by atoms with Gasteiger partial charge in [-0.3, -0.25) is 0 Å². The summed E-state index contributed by atoms with van der Waals surface area (Å²) < 4.78 is 12.7. The van der Waals surface area contributed by atoms with E-state index in [1.54, 1.807) is 12.1 Å². The first-order valence-corrected chi connectivity index (χ1v) is 10.8. The maximum absolute atomic E-state index is 6.25. The van der Waals surface area contributed by atoms with E-state index >= 15 is 0 Å². The molecule has 1 N–H and O–H groups in total. The highest BCUT2D eigenvalue weighted by atomic mass is 79.9. The predicted octanol–water partition coefficient (Wildman–Crippen LogP) is 5.77. The van der Waals surface area contributed by atoms with E-state index in [2.05, 4.69) is 46.3 Å². The molecular formula is C21H27BrCl2N2O2. The number of hydrogen-bond donors (Lipinski definition) is 1. The summed E-state index contributed by atoms with van der Waals surface area (Å²) in [5.41, 5.74) is 2.00. The second-order valence-electron chi connectivity index (χ2n) is 6.70. The minimum atomic E-state index is 0.330. The molecule has 2 rings (SSSR count). The van der Waals surface area contributed by atoms with Crippen LogP contribution in [0.3, 0.4) is 0 Å². The summed E-state index contributed by atoms with van der Waals surface area (Å²) in [5.74, 6) is 1.39. The third-order valence-corrected chi connectivity index (χ3v) is 5.22. The van der Waals surface area contributed by atoms with Crippen LogP contribution in [-0.4, -0.2) is 38.7 Å². The van der Waals surface area contributed by atoms with Crippen molar-refractivity contribution in [1.82, 2.24) is 10.2 Å². The first-order chi connectivity index (χ1) is 13.4. The van der Waals surface area contributed by atoms with Gasteiger partial charge in [-0.2, -0.15) is 0 Å². The molecule has 154 valence electrons. The lowest BCUT2D eigenvalue weighted by molar-refractivity contribution is 0.267. The van der Waals surface area contributed by atoms with Gasteiger partial charge >= 0.3 is 0 Å². The summed E-state index contributed by atoms with van der Waals surface area (Å²) in [6.45, 7) is 5.66. The lowest BCUT2D eigenvalue weighted by Gasteiger charge is -2.16. The fourth-order valence-corrected chi connectivity index (χ4v) is 3.74. The van der Waals surface area contributed by atoms with Gasteiger partial charge in [0.05, 0.1) is 11.1 Å². The van der Waals surface area contributed by atoms with Crippen molar-refractivity contribution in [3.05, 3.63) is 56.0 Å². The lowest BCUT2D eigenvalue weighted by atomic mass is 10.2. The molecule has 0 aliphatic heterocycles. The molecule has 0 fully saturated rings. The van der Waals surface area contributed by atoms with E-state index in [0.717, 1.165) is 41.7 Å². The Labute approximate surface area is 186 Å². The number of rotatable bonds is 11. The van der Waals surface area contributed by atoms with Crippen molar-refractivity contribution >= 4 is 39.1 Å². The van der Waals surface area contributed by atoms with Crippen molar-refractivity contribution in [3.63, 3.8) is 0 Å². The van der Waals surface area contributed by atoms with Crippen molar-refractivity contribution in [1.29, 1.82) is 0 Å². The molecule has 0 saturated heterocycles. The molecule has 2 aromatic carbocycles. The van der Waals surface area contributed by atoms with E-state index < -0.39 is 0 Å². The highest BCUT2D eigenvalue weighted by Crippen LogP contribution is 2.38. The molecule has 0 aliphatic rings. The molecule has 0 amide bonds. The number of benzene rings is 2. The van der Waals surface area contributed by atoms with E-state index in [0.29, 0.717) is 34.8 Å². The Bertz CT molecular complexity index is 772. The Morgan fingerprint density at radius 2 is 1.89 bits per heavy atom. The summed E-state index contributed by atoms with van der Waals surface area (Å²) >= 11 is 15.8. The molecule has 0 atom stereocenters. The molecule has 0 unspecified atom stereocenters. The molecule has 28 heavy (non-hydrogen) atoms. The normalized spacial score (nSPS) is 11.1. The summed E-state index contributed by atoms with van der Waals surface area (Å²) in [6, 6.07) is 9.46. The second kappa shape index (κ2) is 11.9. The molecule has 7 heteroatoms. The molecule has 0 saturated carbocycles. The van der Waals surface area contributed by atoms with Gasteiger partial charge in [0, 0.05) is 22.2 Å². The summed E-state index contributed by atoms with van der Waals surface area (Å²) in [7, 11) is 4.17. The number of hydrogen-bond acceptors (Lipinski definition) is 4. The van der Waals surface area contributed by atoms with Crippen molar-refractivity contribution in [2.24, 2.45) is 0 Å². The van der Waals surface area contributed by atoms with Gasteiger partial charge in [-0.05, 0) is 86.3 Å². The first-order valence-electron chi connectivity index (χ1n) is 9.28. The van der Waals surface area contributed by atoms with Crippen LogP contribution in [0.1, 0.15) is 24.5 Å². The number of halogens is 3. The number of nitrogens with zero attached hydrogens (tertiary/aromatic N) is 1. The average Bonchev–Trinajstić information content (AvgIpc) is 2.62. The fraction of sp³-hybridized carbons (Fsp3) is 0.429. The van der Waals surface area contributed by atoms with E-state index in [1.165, 1.54) is 0 Å².